The van der Waals surface area contributed by atoms with Crippen molar-refractivity contribution in [2.75, 3.05) is 12.3 Å². The first-order chi connectivity index (χ1) is 8.99. The SMILES string of the molecule is CC(C)CCSc1ccc(CNCC(C)C)c(Br)c1. The molecule has 0 unspecified atom stereocenters. The Morgan fingerprint density at radius 3 is 2.47 bits per heavy atom. The molecule has 0 aliphatic heterocycles. The van der Waals surface area contributed by atoms with E-state index in [1.807, 2.05) is 11.8 Å². The van der Waals surface area contributed by atoms with Gasteiger partial charge in [-0.15, -0.1) is 11.8 Å². The topological polar surface area (TPSA) is 12.0 Å². The molecule has 0 bridgehead atoms. The molecule has 1 rings (SSSR count). The molecule has 0 fully saturated rings. The van der Waals surface area contributed by atoms with Gasteiger partial charge in [0, 0.05) is 15.9 Å². The smallest absolute Gasteiger partial charge is 0.0231 e. The number of halogens is 1. The van der Waals surface area contributed by atoms with E-state index in [1.54, 1.807) is 0 Å². The highest BCUT2D eigenvalue weighted by Crippen LogP contribution is 2.26. The van der Waals surface area contributed by atoms with Crippen molar-refractivity contribution in [3.63, 3.8) is 0 Å². The van der Waals surface area contributed by atoms with E-state index in [4.69, 9.17) is 0 Å². The number of benzene rings is 1. The van der Waals surface area contributed by atoms with E-state index in [0.29, 0.717) is 5.92 Å². The quantitative estimate of drug-likeness (QED) is 0.640. The van der Waals surface area contributed by atoms with Gasteiger partial charge in [-0.05, 0) is 48.3 Å². The standard InChI is InChI=1S/C16H26BrNS/c1-12(2)7-8-19-15-6-5-14(16(17)9-15)11-18-10-13(3)4/h5-6,9,12-13,18H,7-8,10-11H2,1-4H3. The number of hydrogen-bond acceptors (Lipinski definition) is 2. The minimum absolute atomic E-state index is 0.699. The molecule has 0 amide bonds. The summed E-state index contributed by atoms with van der Waals surface area (Å²) in [4.78, 5) is 1.36. The van der Waals surface area contributed by atoms with E-state index in [-0.39, 0.29) is 0 Å². The monoisotopic (exact) mass is 343 g/mol. The van der Waals surface area contributed by atoms with Crippen LogP contribution in [0.15, 0.2) is 27.6 Å². The molecule has 0 atom stereocenters. The van der Waals surface area contributed by atoms with Crippen molar-refractivity contribution in [1.29, 1.82) is 0 Å². The maximum Gasteiger partial charge on any atom is 0.0231 e. The molecular formula is C16H26BrNS. The van der Waals surface area contributed by atoms with Crippen molar-refractivity contribution >= 4 is 27.7 Å². The fourth-order valence-electron chi connectivity index (χ4n) is 1.67. The lowest BCUT2D eigenvalue weighted by Gasteiger charge is -2.10. The maximum atomic E-state index is 3.68. The Labute approximate surface area is 131 Å². The Bertz CT molecular complexity index is 377. The molecule has 1 aromatic rings. The molecule has 0 aliphatic carbocycles. The molecule has 0 saturated carbocycles. The van der Waals surface area contributed by atoms with Crippen LogP contribution in [0.4, 0.5) is 0 Å². The van der Waals surface area contributed by atoms with Crippen molar-refractivity contribution in [2.24, 2.45) is 11.8 Å². The molecule has 0 heterocycles. The largest absolute Gasteiger partial charge is 0.312 e. The molecule has 108 valence electrons. The van der Waals surface area contributed by atoms with Gasteiger partial charge in [-0.2, -0.15) is 0 Å². The minimum Gasteiger partial charge on any atom is -0.312 e. The Balaban J connectivity index is 2.45. The lowest BCUT2D eigenvalue weighted by atomic mass is 10.2. The first-order valence-corrected chi connectivity index (χ1v) is 8.88. The van der Waals surface area contributed by atoms with Crippen molar-refractivity contribution < 1.29 is 0 Å². The Hall–Kier alpha value is 0.01000. The zero-order valence-corrected chi connectivity index (χ0v) is 14.9. The molecular weight excluding hydrogens is 318 g/mol. The number of hydrogen-bond donors (Lipinski definition) is 1. The van der Waals surface area contributed by atoms with Gasteiger partial charge in [0.15, 0.2) is 0 Å². The summed E-state index contributed by atoms with van der Waals surface area (Å²) in [6.45, 7) is 11.0. The second-order valence-electron chi connectivity index (χ2n) is 5.81. The van der Waals surface area contributed by atoms with Gasteiger partial charge in [0.05, 0.1) is 0 Å². The molecule has 0 saturated heterocycles. The summed E-state index contributed by atoms with van der Waals surface area (Å²) in [5.41, 5.74) is 1.34. The van der Waals surface area contributed by atoms with Crippen LogP contribution in [-0.2, 0) is 6.54 Å². The molecule has 0 radical (unpaired) electrons. The molecule has 1 nitrogen and oxygen atoms in total. The van der Waals surface area contributed by atoms with Crippen LogP contribution in [0.1, 0.15) is 39.7 Å². The van der Waals surface area contributed by atoms with E-state index in [0.717, 1.165) is 19.0 Å². The third kappa shape index (κ3) is 7.38. The lowest BCUT2D eigenvalue weighted by Crippen LogP contribution is -2.19. The van der Waals surface area contributed by atoms with Gasteiger partial charge >= 0.3 is 0 Å². The first-order valence-electron chi connectivity index (χ1n) is 7.11. The Morgan fingerprint density at radius 1 is 1.16 bits per heavy atom. The molecule has 3 heteroatoms. The van der Waals surface area contributed by atoms with Crippen molar-refractivity contribution in [3.05, 3.63) is 28.2 Å². The van der Waals surface area contributed by atoms with Gasteiger partial charge in [-0.25, -0.2) is 0 Å². The summed E-state index contributed by atoms with van der Waals surface area (Å²) >= 11 is 5.63. The van der Waals surface area contributed by atoms with E-state index in [1.165, 1.54) is 27.1 Å². The van der Waals surface area contributed by atoms with Crippen LogP contribution >= 0.6 is 27.7 Å². The number of rotatable bonds is 8. The van der Waals surface area contributed by atoms with Gasteiger partial charge in [-0.3, -0.25) is 0 Å². The third-order valence-corrected chi connectivity index (χ3v) is 4.62. The van der Waals surface area contributed by atoms with Gasteiger partial charge in [0.2, 0.25) is 0 Å². The molecule has 1 N–H and O–H groups in total. The average Bonchev–Trinajstić information content (AvgIpc) is 2.31. The highest BCUT2D eigenvalue weighted by molar-refractivity contribution is 9.10. The summed E-state index contributed by atoms with van der Waals surface area (Å²) < 4.78 is 1.22. The van der Waals surface area contributed by atoms with Crippen LogP contribution in [0, 0.1) is 11.8 Å². The fourth-order valence-corrected chi connectivity index (χ4v) is 3.53. The second-order valence-corrected chi connectivity index (χ2v) is 7.83. The molecule has 19 heavy (non-hydrogen) atoms. The van der Waals surface area contributed by atoms with Crippen LogP contribution in [0.3, 0.4) is 0 Å². The van der Waals surface area contributed by atoms with Crippen molar-refractivity contribution in [1.82, 2.24) is 5.32 Å². The van der Waals surface area contributed by atoms with Crippen molar-refractivity contribution in [3.8, 4) is 0 Å². The molecule has 0 spiro atoms. The normalized spacial score (nSPS) is 11.5. The Kier molecular flexibility index (Phi) is 8.12. The summed E-state index contributed by atoms with van der Waals surface area (Å²) in [6.07, 6.45) is 1.28. The van der Waals surface area contributed by atoms with E-state index >= 15 is 0 Å². The summed E-state index contributed by atoms with van der Waals surface area (Å²) in [5, 5.41) is 3.48. The van der Waals surface area contributed by atoms with E-state index < -0.39 is 0 Å². The van der Waals surface area contributed by atoms with Crippen molar-refractivity contribution in [2.45, 2.75) is 45.6 Å². The van der Waals surface area contributed by atoms with Gasteiger partial charge in [0.25, 0.3) is 0 Å². The maximum absolute atomic E-state index is 3.68. The molecule has 1 aromatic carbocycles. The fraction of sp³-hybridized carbons (Fsp3) is 0.625. The zero-order chi connectivity index (χ0) is 14.3. The predicted molar refractivity (Wildman–Crippen MR) is 90.9 cm³/mol. The highest BCUT2D eigenvalue weighted by Gasteiger charge is 2.03. The van der Waals surface area contributed by atoms with E-state index in [2.05, 4.69) is 67.1 Å². The molecule has 0 aromatic heterocycles. The zero-order valence-electron chi connectivity index (χ0n) is 12.5. The first kappa shape index (κ1) is 17.1. The number of thioether (sulfide) groups is 1. The van der Waals surface area contributed by atoms with E-state index in [9.17, 15) is 0 Å². The summed E-state index contributed by atoms with van der Waals surface area (Å²) in [6, 6.07) is 6.72. The minimum atomic E-state index is 0.699. The summed E-state index contributed by atoms with van der Waals surface area (Å²) in [7, 11) is 0. The van der Waals surface area contributed by atoms with Crippen LogP contribution in [-0.4, -0.2) is 12.3 Å². The van der Waals surface area contributed by atoms with Gasteiger partial charge in [-0.1, -0.05) is 49.7 Å². The molecule has 0 aliphatic rings. The van der Waals surface area contributed by atoms with Crippen LogP contribution in [0.5, 0.6) is 0 Å². The van der Waals surface area contributed by atoms with Gasteiger partial charge < -0.3 is 5.32 Å². The number of nitrogens with one attached hydrogen (secondary N) is 1. The van der Waals surface area contributed by atoms with Gasteiger partial charge in [0.1, 0.15) is 0 Å². The Morgan fingerprint density at radius 2 is 1.89 bits per heavy atom. The highest BCUT2D eigenvalue weighted by atomic mass is 79.9. The predicted octanol–water partition coefficient (Wildman–Crippen LogP) is 5.33. The third-order valence-electron chi connectivity index (χ3n) is 2.86. The lowest BCUT2D eigenvalue weighted by molar-refractivity contribution is 0.551. The second kappa shape index (κ2) is 9.04. The van der Waals surface area contributed by atoms with Crippen LogP contribution in [0.2, 0.25) is 0 Å². The average molecular weight is 344 g/mol. The van der Waals surface area contributed by atoms with Crippen LogP contribution < -0.4 is 5.32 Å². The summed E-state index contributed by atoms with van der Waals surface area (Å²) in [5.74, 6) is 2.69. The van der Waals surface area contributed by atoms with Crippen LogP contribution in [0.25, 0.3) is 0 Å².